The normalized spacial score (nSPS) is 21.5. The Bertz CT molecular complexity index is 859. The Morgan fingerprint density at radius 3 is 2.96 bits per heavy atom. The molecule has 0 saturated carbocycles. The number of nitrogen functional groups attached to an aromatic ring is 1. The Kier molecular flexibility index (Phi) is 6.36. The van der Waals surface area contributed by atoms with Gasteiger partial charge in [0.15, 0.2) is 5.13 Å². The van der Waals surface area contributed by atoms with Crippen LogP contribution in [0.3, 0.4) is 0 Å². The Balaban J connectivity index is 1.48. The van der Waals surface area contributed by atoms with Crippen LogP contribution < -0.4 is 11.1 Å². The zero-order valence-corrected chi connectivity index (χ0v) is 16.6. The molecule has 0 unspecified atom stereocenters. The van der Waals surface area contributed by atoms with Crippen LogP contribution >= 0.6 is 34.9 Å². The standard InChI is InChI=1S/C14H15ClN6O5S2/c15-3-6-5-27-12-9(11(23)21(12)10(6)13(24)25)19-8(22)4-17-26-2-1-7-18-14(16)28-20-7/h4,9,12H,1-3,5H2,(H,19,22)(H,24,25)(H2,16,18,20)/b17-4-/t9-,12-/m1/s1. The SMILES string of the molecule is Nc1nc(CCO/N=C\C(=O)N[C@@H]2C(=O)N3C(C(=O)O)=C(CCl)CS[C@H]23)ns1. The quantitative estimate of drug-likeness (QED) is 0.159. The summed E-state index contributed by atoms with van der Waals surface area (Å²) in [4.78, 5) is 45.7. The minimum absolute atomic E-state index is 0.0230. The summed E-state index contributed by atoms with van der Waals surface area (Å²) in [6.45, 7) is 0.155. The molecule has 0 aromatic carbocycles. The predicted molar refractivity (Wildman–Crippen MR) is 103 cm³/mol. The number of carboxylic acid groups (broad SMARTS) is 1. The minimum Gasteiger partial charge on any atom is -0.477 e. The van der Waals surface area contributed by atoms with Crippen molar-refractivity contribution in [1.82, 2.24) is 19.6 Å². The lowest BCUT2D eigenvalue weighted by molar-refractivity contribution is -0.150. The number of rotatable bonds is 8. The molecule has 14 heteroatoms. The lowest BCUT2D eigenvalue weighted by atomic mass is 10.0. The number of halogens is 1. The number of aromatic nitrogens is 2. The van der Waals surface area contributed by atoms with Gasteiger partial charge >= 0.3 is 5.97 Å². The van der Waals surface area contributed by atoms with Crippen molar-refractivity contribution in [3.05, 3.63) is 17.1 Å². The summed E-state index contributed by atoms with van der Waals surface area (Å²) in [5.74, 6) is -1.43. The molecule has 1 saturated heterocycles. The third-order valence-electron chi connectivity index (χ3n) is 3.85. The number of nitrogens with two attached hydrogens (primary N) is 1. The van der Waals surface area contributed by atoms with E-state index in [0.29, 0.717) is 28.7 Å². The largest absolute Gasteiger partial charge is 0.477 e. The van der Waals surface area contributed by atoms with Crippen LogP contribution in [0.5, 0.6) is 0 Å². The van der Waals surface area contributed by atoms with E-state index in [-0.39, 0.29) is 18.2 Å². The maximum Gasteiger partial charge on any atom is 0.352 e. The van der Waals surface area contributed by atoms with Crippen LogP contribution in [0.2, 0.25) is 0 Å². The molecular weight excluding hydrogens is 432 g/mol. The lowest BCUT2D eigenvalue weighted by Crippen LogP contribution is -2.70. The van der Waals surface area contributed by atoms with Crippen LogP contribution in [-0.4, -0.2) is 73.0 Å². The van der Waals surface area contributed by atoms with Gasteiger partial charge in [-0.2, -0.15) is 4.37 Å². The Morgan fingerprint density at radius 2 is 2.32 bits per heavy atom. The van der Waals surface area contributed by atoms with Crippen LogP contribution in [0.1, 0.15) is 5.82 Å². The molecule has 28 heavy (non-hydrogen) atoms. The first kappa shape index (κ1) is 20.4. The first-order valence-electron chi connectivity index (χ1n) is 7.92. The highest BCUT2D eigenvalue weighted by Gasteiger charge is 2.53. The zero-order valence-electron chi connectivity index (χ0n) is 14.2. The second-order valence-corrected chi connectivity index (χ2v) is 7.81. The molecule has 3 heterocycles. The summed E-state index contributed by atoms with van der Waals surface area (Å²) < 4.78 is 3.98. The molecule has 2 atom stereocenters. The highest BCUT2D eigenvalue weighted by atomic mass is 35.5. The number of carbonyl (C=O) groups is 3. The molecule has 150 valence electrons. The number of nitrogens with zero attached hydrogens (tertiary/aromatic N) is 4. The van der Waals surface area contributed by atoms with E-state index in [0.717, 1.165) is 22.6 Å². The number of carboxylic acids is 1. The van der Waals surface area contributed by atoms with Gasteiger partial charge < -0.3 is 21.0 Å². The van der Waals surface area contributed by atoms with Crippen molar-refractivity contribution in [2.45, 2.75) is 17.8 Å². The summed E-state index contributed by atoms with van der Waals surface area (Å²) in [5.41, 5.74) is 5.82. The minimum atomic E-state index is -1.22. The van der Waals surface area contributed by atoms with Crippen LogP contribution in [0, 0.1) is 0 Å². The number of nitrogens with one attached hydrogen (secondary N) is 1. The lowest BCUT2D eigenvalue weighted by Gasteiger charge is -2.49. The summed E-state index contributed by atoms with van der Waals surface area (Å²) >= 11 is 8.17. The van der Waals surface area contributed by atoms with E-state index >= 15 is 0 Å². The number of oxime groups is 1. The maximum atomic E-state index is 12.3. The van der Waals surface area contributed by atoms with Gasteiger partial charge in [0.25, 0.3) is 11.8 Å². The highest BCUT2D eigenvalue weighted by molar-refractivity contribution is 8.00. The number of anilines is 1. The van der Waals surface area contributed by atoms with Crippen molar-refractivity contribution in [2.24, 2.45) is 5.16 Å². The fourth-order valence-electron chi connectivity index (χ4n) is 2.62. The van der Waals surface area contributed by atoms with Crippen molar-refractivity contribution in [3.63, 3.8) is 0 Å². The Labute approximate surface area is 172 Å². The van der Waals surface area contributed by atoms with Gasteiger partial charge in [-0.3, -0.25) is 14.5 Å². The van der Waals surface area contributed by atoms with Gasteiger partial charge in [-0.15, -0.1) is 23.4 Å². The molecule has 1 aromatic rings. The molecule has 3 rings (SSSR count). The highest BCUT2D eigenvalue weighted by Crippen LogP contribution is 2.40. The van der Waals surface area contributed by atoms with E-state index in [9.17, 15) is 19.5 Å². The van der Waals surface area contributed by atoms with Gasteiger partial charge in [-0.25, -0.2) is 9.78 Å². The molecular formula is C14H15ClN6O5S2. The zero-order chi connectivity index (χ0) is 20.3. The summed E-state index contributed by atoms with van der Waals surface area (Å²) in [7, 11) is 0. The summed E-state index contributed by atoms with van der Waals surface area (Å²) in [6, 6.07) is -0.836. The second-order valence-electron chi connectivity index (χ2n) is 5.65. The second kappa shape index (κ2) is 8.75. The fraction of sp³-hybridized carbons (Fsp3) is 0.429. The third-order valence-corrected chi connectivity index (χ3v) is 6.10. The number of β-lactam (4-membered cyclic amide) rings is 1. The van der Waals surface area contributed by atoms with Crippen molar-refractivity contribution < 1.29 is 24.3 Å². The average molecular weight is 447 g/mol. The molecule has 4 N–H and O–H groups in total. The van der Waals surface area contributed by atoms with E-state index in [1.54, 1.807) is 0 Å². The number of hydrogen-bond acceptors (Lipinski definition) is 10. The molecule has 0 radical (unpaired) electrons. The van der Waals surface area contributed by atoms with Crippen LogP contribution in [0.15, 0.2) is 16.4 Å². The molecule has 11 nitrogen and oxygen atoms in total. The first-order chi connectivity index (χ1) is 13.4. The predicted octanol–water partition coefficient (Wildman–Crippen LogP) is -0.357. The van der Waals surface area contributed by atoms with Crippen molar-refractivity contribution in [1.29, 1.82) is 0 Å². The molecule has 1 fully saturated rings. The van der Waals surface area contributed by atoms with Crippen LogP contribution in [0.4, 0.5) is 5.13 Å². The van der Waals surface area contributed by atoms with Gasteiger partial charge in [-0.1, -0.05) is 5.16 Å². The number of thioether (sulfide) groups is 1. The van der Waals surface area contributed by atoms with Gasteiger partial charge in [0.1, 0.15) is 35.8 Å². The van der Waals surface area contributed by atoms with Gasteiger partial charge in [0, 0.05) is 29.6 Å². The van der Waals surface area contributed by atoms with Crippen molar-refractivity contribution in [3.8, 4) is 0 Å². The number of fused-ring (bicyclic) bond motifs is 1. The molecule has 2 amide bonds. The van der Waals surface area contributed by atoms with Gasteiger partial charge in [-0.05, 0) is 5.57 Å². The number of alkyl halides is 1. The molecule has 0 spiro atoms. The number of aliphatic carboxylic acids is 1. The van der Waals surface area contributed by atoms with Gasteiger partial charge in [0.05, 0.1) is 0 Å². The van der Waals surface area contributed by atoms with E-state index in [2.05, 4.69) is 19.8 Å². The molecule has 2 aliphatic rings. The monoisotopic (exact) mass is 446 g/mol. The van der Waals surface area contributed by atoms with E-state index in [4.69, 9.17) is 22.2 Å². The van der Waals surface area contributed by atoms with E-state index < -0.39 is 29.2 Å². The van der Waals surface area contributed by atoms with Crippen molar-refractivity contribution in [2.75, 3.05) is 24.0 Å². The Hall–Kier alpha value is -2.38. The first-order valence-corrected chi connectivity index (χ1v) is 10.3. The third kappa shape index (κ3) is 4.20. The molecule has 2 aliphatic heterocycles. The smallest absolute Gasteiger partial charge is 0.352 e. The summed E-state index contributed by atoms with van der Waals surface area (Å²) in [6.07, 6.45) is 1.29. The fourth-order valence-corrected chi connectivity index (χ4v) is 4.78. The average Bonchev–Trinajstić information content (AvgIpc) is 3.09. The number of carbonyl (C=O) groups excluding carboxylic acids is 2. The molecule has 1 aromatic heterocycles. The van der Waals surface area contributed by atoms with Crippen molar-refractivity contribution >= 4 is 64.0 Å². The number of amides is 2. The maximum absolute atomic E-state index is 12.3. The van der Waals surface area contributed by atoms with Crippen LogP contribution in [0.25, 0.3) is 0 Å². The topological polar surface area (TPSA) is 160 Å². The molecule has 0 bridgehead atoms. The van der Waals surface area contributed by atoms with Gasteiger partial charge in [0.2, 0.25) is 0 Å². The Morgan fingerprint density at radius 1 is 1.54 bits per heavy atom. The van der Waals surface area contributed by atoms with Crippen LogP contribution in [-0.2, 0) is 25.6 Å². The summed E-state index contributed by atoms with van der Waals surface area (Å²) in [5, 5.41) is 15.2. The number of hydrogen-bond donors (Lipinski definition) is 3. The van der Waals surface area contributed by atoms with E-state index in [1.165, 1.54) is 11.8 Å². The molecule has 0 aliphatic carbocycles. The van der Waals surface area contributed by atoms with E-state index in [1.807, 2.05) is 0 Å².